The number of hydrogen-bond donors (Lipinski definition) is 1. The average molecular weight is 335 g/mol. The van der Waals surface area contributed by atoms with Crippen molar-refractivity contribution in [3.8, 4) is 0 Å². The predicted octanol–water partition coefficient (Wildman–Crippen LogP) is 4.18. The first-order valence-electron chi connectivity index (χ1n) is 6.39. The van der Waals surface area contributed by atoms with Crippen molar-refractivity contribution in [2.24, 2.45) is 5.73 Å². The highest BCUT2D eigenvalue weighted by molar-refractivity contribution is 9.10. The van der Waals surface area contributed by atoms with E-state index in [2.05, 4.69) is 22.9 Å². The minimum atomic E-state index is -0.0106. The van der Waals surface area contributed by atoms with Gasteiger partial charge in [0, 0.05) is 22.1 Å². The van der Waals surface area contributed by atoms with Crippen LogP contribution in [0.2, 0.25) is 5.02 Å². The molecule has 18 heavy (non-hydrogen) atoms. The lowest BCUT2D eigenvalue weighted by Crippen LogP contribution is -2.38. The minimum Gasteiger partial charge on any atom is -0.377 e. The van der Waals surface area contributed by atoms with Crippen molar-refractivity contribution in [2.45, 2.75) is 45.3 Å². The zero-order chi connectivity index (χ0) is 13.5. The zero-order valence-electron chi connectivity index (χ0n) is 11.0. The summed E-state index contributed by atoms with van der Waals surface area (Å²) >= 11 is 9.61. The lowest BCUT2D eigenvalue weighted by Gasteiger charge is -2.24. The summed E-state index contributed by atoms with van der Waals surface area (Å²) in [5, 5.41) is 0.756. The number of hydrogen-bond acceptors (Lipinski definition) is 2. The van der Waals surface area contributed by atoms with Gasteiger partial charge in [-0.05, 0) is 37.5 Å². The number of ether oxygens (including phenoxy) is 1. The molecule has 0 aromatic heterocycles. The van der Waals surface area contributed by atoms with Gasteiger partial charge in [0.15, 0.2) is 0 Å². The summed E-state index contributed by atoms with van der Waals surface area (Å²) in [5.74, 6) is 0. The van der Waals surface area contributed by atoms with Crippen molar-refractivity contribution in [1.82, 2.24) is 0 Å². The highest BCUT2D eigenvalue weighted by atomic mass is 79.9. The second-order valence-corrected chi connectivity index (χ2v) is 5.71. The maximum atomic E-state index is 6.23. The Labute approximate surface area is 123 Å². The molecule has 2 atom stereocenters. The molecular weight excluding hydrogens is 314 g/mol. The smallest absolute Gasteiger partial charge is 0.0728 e. The van der Waals surface area contributed by atoms with Gasteiger partial charge in [-0.15, -0.1) is 0 Å². The average Bonchev–Trinajstić information content (AvgIpc) is 2.32. The third-order valence-electron chi connectivity index (χ3n) is 2.90. The van der Waals surface area contributed by atoms with Crippen LogP contribution in [0.3, 0.4) is 0 Å². The van der Waals surface area contributed by atoms with Gasteiger partial charge in [-0.2, -0.15) is 0 Å². The van der Waals surface area contributed by atoms with E-state index < -0.39 is 0 Å². The summed E-state index contributed by atoms with van der Waals surface area (Å²) in [6.07, 6.45) is 2.92. The van der Waals surface area contributed by atoms with E-state index in [0.717, 1.165) is 34.3 Å². The van der Waals surface area contributed by atoms with E-state index in [4.69, 9.17) is 22.1 Å². The molecule has 0 bridgehead atoms. The Bertz CT molecular complexity index is 367. The Kier molecular flexibility index (Phi) is 7.23. The quantitative estimate of drug-likeness (QED) is 0.812. The monoisotopic (exact) mass is 333 g/mol. The minimum absolute atomic E-state index is 0.0106. The van der Waals surface area contributed by atoms with Gasteiger partial charge in [0.25, 0.3) is 0 Å². The van der Waals surface area contributed by atoms with E-state index in [1.54, 1.807) is 0 Å². The molecule has 0 aliphatic carbocycles. The molecular formula is C14H21BrClNO. The molecule has 0 radical (unpaired) electrons. The molecule has 0 saturated carbocycles. The molecule has 2 N–H and O–H groups in total. The van der Waals surface area contributed by atoms with Crippen molar-refractivity contribution in [1.29, 1.82) is 0 Å². The summed E-state index contributed by atoms with van der Waals surface area (Å²) in [6.45, 7) is 4.85. The van der Waals surface area contributed by atoms with Crippen molar-refractivity contribution < 1.29 is 4.74 Å². The number of nitrogens with two attached hydrogens (primary N) is 1. The van der Waals surface area contributed by atoms with Gasteiger partial charge in [-0.3, -0.25) is 0 Å². The van der Waals surface area contributed by atoms with E-state index in [1.165, 1.54) is 0 Å². The molecule has 2 unspecified atom stereocenters. The fraction of sp³-hybridized carbons (Fsp3) is 0.571. The molecule has 0 amide bonds. The first-order valence-corrected chi connectivity index (χ1v) is 7.56. The Balaban J connectivity index is 2.69. The van der Waals surface area contributed by atoms with Gasteiger partial charge < -0.3 is 10.5 Å². The van der Waals surface area contributed by atoms with Crippen LogP contribution in [-0.4, -0.2) is 18.8 Å². The van der Waals surface area contributed by atoms with Crippen LogP contribution in [0.25, 0.3) is 0 Å². The molecule has 2 nitrogen and oxygen atoms in total. The normalized spacial score (nSPS) is 14.5. The fourth-order valence-electron chi connectivity index (χ4n) is 1.99. The summed E-state index contributed by atoms with van der Waals surface area (Å²) in [6, 6.07) is 5.90. The largest absolute Gasteiger partial charge is 0.377 e. The van der Waals surface area contributed by atoms with Crippen LogP contribution >= 0.6 is 27.5 Å². The van der Waals surface area contributed by atoms with Crippen molar-refractivity contribution >= 4 is 27.5 Å². The molecule has 0 aliphatic rings. The van der Waals surface area contributed by atoms with Crippen LogP contribution in [-0.2, 0) is 11.2 Å². The molecule has 0 aliphatic heterocycles. The first-order chi connectivity index (χ1) is 8.58. The molecule has 1 aromatic carbocycles. The van der Waals surface area contributed by atoms with Gasteiger partial charge in [0.1, 0.15) is 0 Å². The Morgan fingerprint density at radius 3 is 2.67 bits per heavy atom. The van der Waals surface area contributed by atoms with Crippen molar-refractivity contribution in [2.75, 3.05) is 6.61 Å². The van der Waals surface area contributed by atoms with Crippen LogP contribution in [0, 0.1) is 0 Å². The van der Waals surface area contributed by atoms with E-state index >= 15 is 0 Å². The SMILES string of the molecule is CCCC(OCC)C(N)Cc1ccc(Br)cc1Cl. The van der Waals surface area contributed by atoms with Crippen LogP contribution in [0.4, 0.5) is 0 Å². The maximum Gasteiger partial charge on any atom is 0.0728 e. The van der Waals surface area contributed by atoms with Gasteiger partial charge >= 0.3 is 0 Å². The van der Waals surface area contributed by atoms with Gasteiger partial charge in [-0.25, -0.2) is 0 Å². The lowest BCUT2D eigenvalue weighted by molar-refractivity contribution is 0.0378. The highest BCUT2D eigenvalue weighted by Gasteiger charge is 2.18. The van der Waals surface area contributed by atoms with Crippen LogP contribution < -0.4 is 5.73 Å². The van der Waals surface area contributed by atoms with E-state index in [1.807, 2.05) is 25.1 Å². The summed E-state index contributed by atoms with van der Waals surface area (Å²) in [4.78, 5) is 0. The second kappa shape index (κ2) is 8.16. The van der Waals surface area contributed by atoms with E-state index in [-0.39, 0.29) is 12.1 Å². The molecule has 4 heteroatoms. The topological polar surface area (TPSA) is 35.2 Å². The second-order valence-electron chi connectivity index (χ2n) is 4.39. The standard InChI is InChI=1S/C14H21BrClNO/c1-3-5-14(18-4-2)13(17)8-10-6-7-11(15)9-12(10)16/h6-7,9,13-14H,3-5,8,17H2,1-2H3. The number of rotatable bonds is 7. The molecule has 1 rings (SSSR count). The lowest BCUT2D eigenvalue weighted by atomic mass is 9.99. The number of benzene rings is 1. The Morgan fingerprint density at radius 2 is 2.11 bits per heavy atom. The third kappa shape index (κ3) is 4.88. The summed E-state index contributed by atoms with van der Waals surface area (Å²) < 4.78 is 6.69. The van der Waals surface area contributed by atoms with Gasteiger partial charge in [-0.1, -0.05) is 46.9 Å². The number of halogens is 2. The van der Waals surface area contributed by atoms with Crippen LogP contribution in [0.1, 0.15) is 32.3 Å². The predicted molar refractivity (Wildman–Crippen MR) is 81.2 cm³/mol. The van der Waals surface area contributed by atoms with Crippen molar-refractivity contribution in [3.05, 3.63) is 33.3 Å². The molecule has 0 saturated heterocycles. The van der Waals surface area contributed by atoms with E-state index in [9.17, 15) is 0 Å². The van der Waals surface area contributed by atoms with Crippen LogP contribution in [0.15, 0.2) is 22.7 Å². The van der Waals surface area contributed by atoms with Gasteiger partial charge in [0.05, 0.1) is 6.10 Å². The molecule has 1 aromatic rings. The van der Waals surface area contributed by atoms with Gasteiger partial charge in [0.2, 0.25) is 0 Å². The fourth-order valence-corrected chi connectivity index (χ4v) is 2.74. The molecule has 0 fully saturated rings. The molecule has 0 spiro atoms. The van der Waals surface area contributed by atoms with Crippen molar-refractivity contribution in [3.63, 3.8) is 0 Å². The highest BCUT2D eigenvalue weighted by Crippen LogP contribution is 2.23. The van der Waals surface area contributed by atoms with E-state index in [0.29, 0.717) is 6.61 Å². The molecule has 102 valence electrons. The first kappa shape index (κ1) is 16.0. The van der Waals surface area contributed by atoms with Crippen LogP contribution in [0.5, 0.6) is 0 Å². The molecule has 0 heterocycles. The third-order valence-corrected chi connectivity index (χ3v) is 3.75. The summed E-state index contributed by atoms with van der Waals surface area (Å²) in [5.41, 5.74) is 7.31. The maximum absolute atomic E-state index is 6.23. The Hall–Kier alpha value is -0.0900. The zero-order valence-corrected chi connectivity index (χ0v) is 13.3. The Morgan fingerprint density at radius 1 is 1.39 bits per heavy atom. The summed E-state index contributed by atoms with van der Waals surface area (Å²) in [7, 11) is 0.